The molecule has 1 heterocycles. The SMILES string of the molecule is CN(C)C1(CNC(=O)Cc2cccs2)CCCCC1. The number of hydrogen-bond acceptors (Lipinski definition) is 3. The number of amides is 1. The van der Waals surface area contributed by atoms with Gasteiger partial charge in [-0.05, 0) is 38.4 Å². The Hall–Kier alpha value is -0.870. The zero-order valence-corrected chi connectivity index (χ0v) is 12.8. The Labute approximate surface area is 120 Å². The molecule has 0 unspecified atom stereocenters. The zero-order chi connectivity index (χ0) is 13.7. The van der Waals surface area contributed by atoms with Crippen LogP contribution >= 0.6 is 11.3 Å². The van der Waals surface area contributed by atoms with Crippen molar-refractivity contribution in [3.8, 4) is 0 Å². The average molecular weight is 280 g/mol. The molecule has 1 aliphatic rings. The Morgan fingerprint density at radius 3 is 2.68 bits per heavy atom. The average Bonchev–Trinajstić information content (AvgIpc) is 2.90. The first-order valence-corrected chi connectivity index (χ1v) is 7.97. The Balaban J connectivity index is 1.86. The predicted octanol–water partition coefficient (Wildman–Crippen LogP) is 2.67. The molecule has 0 spiro atoms. The van der Waals surface area contributed by atoms with Crippen LogP contribution in [0.25, 0.3) is 0 Å². The fraction of sp³-hybridized carbons (Fsp3) is 0.667. The first-order chi connectivity index (χ1) is 9.12. The lowest BCUT2D eigenvalue weighted by Crippen LogP contribution is -2.54. The quantitative estimate of drug-likeness (QED) is 0.899. The molecule has 19 heavy (non-hydrogen) atoms. The zero-order valence-electron chi connectivity index (χ0n) is 11.9. The number of nitrogens with one attached hydrogen (secondary N) is 1. The van der Waals surface area contributed by atoms with Gasteiger partial charge in [0.15, 0.2) is 0 Å². The first kappa shape index (κ1) is 14.5. The van der Waals surface area contributed by atoms with E-state index in [4.69, 9.17) is 0 Å². The van der Waals surface area contributed by atoms with Crippen molar-refractivity contribution in [3.63, 3.8) is 0 Å². The molecule has 0 saturated heterocycles. The molecule has 1 saturated carbocycles. The number of thiophene rings is 1. The summed E-state index contributed by atoms with van der Waals surface area (Å²) in [5, 5.41) is 5.16. The second-order valence-electron chi connectivity index (χ2n) is 5.71. The minimum Gasteiger partial charge on any atom is -0.354 e. The normalized spacial score (nSPS) is 18.5. The number of nitrogens with zero attached hydrogens (tertiary/aromatic N) is 1. The van der Waals surface area contributed by atoms with Gasteiger partial charge in [-0.15, -0.1) is 11.3 Å². The largest absolute Gasteiger partial charge is 0.354 e. The summed E-state index contributed by atoms with van der Waals surface area (Å²) in [6.45, 7) is 0.782. The van der Waals surface area contributed by atoms with Crippen molar-refractivity contribution in [3.05, 3.63) is 22.4 Å². The lowest BCUT2D eigenvalue weighted by Gasteiger charge is -2.43. The van der Waals surface area contributed by atoms with Gasteiger partial charge in [0.25, 0.3) is 0 Å². The van der Waals surface area contributed by atoms with Gasteiger partial charge >= 0.3 is 0 Å². The lowest BCUT2D eigenvalue weighted by atomic mass is 9.80. The number of carbonyl (C=O) groups excluding carboxylic acids is 1. The highest BCUT2D eigenvalue weighted by Gasteiger charge is 2.34. The van der Waals surface area contributed by atoms with Gasteiger partial charge < -0.3 is 10.2 Å². The fourth-order valence-corrected chi connectivity index (χ4v) is 3.59. The van der Waals surface area contributed by atoms with Crippen LogP contribution in [-0.4, -0.2) is 37.0 Å². The third kappa shape index (κ3) is 3.80. The maximum absolute atomic E-state index is 12.0. The number of likely N-dealkylation sites (N-methyl/N-ethyl adjacent to an activating group) is 1. The molecule has 0 atom stereocenters. The molecule has 0 aliphatic heterocycles. The Morgan fingerprint density at radius 2 is 2.11 bits per heavy atom. The van der Waals surface area contributed by atoms with Crippen LogP contribution in [0, 0.1) is 0 Å². The van der Waals surface area contributed by atoms with Crippen molar-refractivity contribution >= 4 is 17.2 Å². The fourth-order valence-electron chi connectivity index (χ4n) is 2.89. The van der Waals surface area contributed by atoms with Crippen molar-refractivity contribution < 1.29 is 4.79 Å². The second-order valence-corrected chi connectivity index (χ2v) is 6.74. The van der Waals surface area contributed by atoms with Gasteiger partial charge in [-0.2, -0.15) is 0 Å². The number of carbonyl (C=O) groups is 1. The lowest BCUT2D eigenvalue weighted by molar-refractivity contribution is -0.121. The molecule has 0 bridgehead atoms. The van der Waals surface area contributed by atoms with Gasteiger partial charge in [0.2, 0.25) is 5.91 Å². The smallest absolute Gasteiger partial charge is 0.225 e. The Bertz CT molecular complexity index is 394. The Kier molecular flexibility index (Phi) is 4.99. The molecular weight excluding hydrogens is 256 g/mol. The van der Waals surface area contributed by atoms with Gasteiger partial charge in [-0.1, -0.05) is 25.3 Å². The summed E-state index contributed by atoms with van der Waals surface area (Å²) in [5.74, 6) is 0.147. The summed E-state index contributed by atoms with van der Waals surface area (Å²) >= 11 is 1.65. The van der Waals surface area contributed by atoms with E-state index in [1.54, 1.807) is 11.3 Å². The third-order valence-corrected chi connectivity index (χ3v) is 5.14. The van der Waals surface area contributed by atoms with Crippen LogP contribution in [0.3, 0.4) is 0 Å². The van der Waals surface area contributed by atoms with Crippen molar-refractivity contribution in [2.45, 2.75) is 44.1 Å². The molecule has 0 radical (unpaired) electrons. The summed E-state index contributed by atoms with van der Waals surface area (Å²) in [6, 6.07) is 4.02. The molecule has 1 aromatic heterocycles. The summed E-state index contributed by atoms with van der Waals surface area (Å²) in [7, 11) is 4.27. The van der Waals surface area contributed by atoms with E-state index in [0.717, 1.165) is 11.4 Å². The van der Waals surface area contributed by atoms with Gasteiger partial charge in [0.1, 0.15) is 0 Å². The molecule has 1 N–H and O–H groups in total. The minimum atomic E-state index is 0.147. The highest BCUT2D eigenvalue weighted by molar-refractivity contribution is 7.10. The van der Waals surface area contributed by atoms with Crippen LogP contribution in [0.4, 0.5) is 0 Å². The summed E-state index contributed by atoms with van der Waals surface area (Å²) in [4.78, 5) is 15.4. The van der Waals surface area contributed by atoms with Gasteiger partial charge in [0.05, 0.1) is 6.42 Å². The van der Waals surface area contributed by atoms with Crippen molar-refractivity contribution in [2.75, 3.05) is 20.6 Å². The highest BCUT2D eigenvalue weighted by atomic mass is 32.1. The molecule has 1 fully saturated rings. The number of hydrogen-bond donors (Lipinski definition) is 1. The Morgan fingerprint density at radius 1 is 1.37 bits per heavy atom. The van der Waals surface area contributed by atoms with E-state index in [1.165, 1.54) is 32.1 Å². The van der Waals surface area contributed by atoms with Crippen LogP contribution in [0.2, 0.25) is 0 Å². The highest BCUT2D eigenvalue weighted by Crippen LogP contribution is 2.31. The number of rotatable bonds is 5. The summed E-state index contributed by atoms with van der Waals surface area (Å²) in [5.41, 5.74) is 0.170. The van der Waals surface area contributed by atoms with Crippen LogP contribution in [0.1, 0.15) is 37.0 Å². The maximum atomic E-state index is 12.0. The molecular formula is C15H24N2OS. The van der Waals surface area contributed by atoms with Gasteiger partial charge in [-0.3, -0.25) is 4.79 Å². The first-order valence-electron chi connectivity index (χ1n) is 7.09. The predicted molar refractivity (Wildman–Crippen MR) is 80.5 cm³/mol. The van der Waals surface area contributed by atoms with Crippen LogP contribution in [-0.2, 0) is 11.2 Å². The summed E-state index contributed by atoms with van der Waals surface area (Å²) in [6.07, 6.45) is 6.79. The van der Waals surface area contributed by atoms with E-state index < -0.39 is 0 Å². The molecule has 1 amide bonds. The van der Waals surface area contributed by atoms with Crippen molar-refractivity contribution in [1.82, 2.24) is 10.2 Å². The standard InChI is InChI=1S/C15H24N2OS/c1-17(2)15(8-4-3-5-9-15)12-16-14(18)11-13-7-6-10-19-13/h6-7,10H,3-5,8-9,11-12H2,1-2H3,(H,16,18). The molecule has 4 heteroatoms. The molecule has 1 aliphatic carbocycles. The monoisotopic (exact) mass is 280 g/mol. The van der Waals surface area contributed by atoms with Crippen molar-refractivity contribution in [1.29, 1.82) is 0 Å². The van der Waals surface area contributed by atoms with E-state index in [-0.39, 0.29) is 11.4 Å². The molecule has 3 nitrogen and oxygen atoms in total. The van der Waals surface area contributed by atoms with Gasteiger partial charge in [-0.25, -0.2) is 0 Å². The van der Waals surface area contributed by atoms with Crippen LogP contribution in [0.15, 0.2) is 17.5 Å². The van der Waals surface area contributed by atoms with E-state index >= 15 is 0 Å². The molecule has 1 aromatic rings. The van der Waals surface area contributed by atoms with E-state index in [2.05, 4.69) is 24.3 Å². The second kappa shape index (κ2) is 6.53. The van der Waals surface area contributed by atoms with Crippen LogP contribution < -0.4 is 5.32 Å². The maximum Gasteiger partial charge on any atom is 0.225 e. The van der Waals surface area contributed by atoms with E-state index in [1.807, 2.05) is 17.5 Å². The minimum absolute atomic E-state index is 0.147. The molecule has 106 valence electrons. The van der Waals surface area contributed by atoms with E-state index in [9.17, 15) is 4.79 Å². The van der Waals surface area contributed by atoms with E-state index in [0.29, 0.717) is 6.42 Å². The van der Waals surface area contributed by atoms with Crippen LogP contribution in [0.5, 0.6) is 0 Å². The third-order valence-electron chi connectivity index (χ3n) is 4.26. The van der Waals surface area contributed by atoms with Gasteiger partial charge in [0, 0.05) is 17.0 Å². The topological polar surface area (TPSA) is 32.3 Å². The molecule has 2 rings (SSSR count). The summed E-state index contributed by atoms with van der Waals surface area (Å²) < 4.78 is 0. The van der Waals surface area contributed by atoms with Crippen molar-refractivity contribution in [2.24, 2.45) is 0 Å². The molecule has 0 aromatic carbocycles.